The number of carbonyl (C=O) groups excluding carboxylic acids is 2. The van der Waals surface area contributed by atoms with E-state index in [-0.39, 0.29) is 23.1 Å². The number of pyridine rings is 1. The number of carbonyl (C=O) groups is 2. The normalized spacial score (nSPS) is 16.1. The zero-order valence-electron chi connectivity index (χ0n) is 20.1. The van der Waals surface area contributed by atoms with Gasteiger partial charge in [0.2, 0.25) is 11.8 Å². The molecule has 0 bridgehead atoms. The summed E-state index contributed by atoms with van der Waals surface area (Å²) in [7, 11) is 1.45. The van der Waals surface area contributed by atoms with E-state index in [1.165, 1.54) is 18.7 Å². The molecule has 1 aliphatic heterocycles. The number of aromatic nitrogens is 1. The second kappa shape index (κ2) is 10.9. The maximum atomic E-state index is 12.9. The molecule has 1 saturated heterocycles. The summed E-state index contributed by atoms with van der Waals surface area (Å²) in [5.74, 6) is 0.348. The average molecular weight is 493 g/mol. The van der Waals surface area contributed by atoms with Crippen LogP contribution in [0.15, 0.2) is 29.8 Å². The largest absolute Gasteiger partial charge is 0.481 e. The van der Waals surface area contributed by atoms with Crippen LogP contribution < -0.4 is 10.1 Å². The van der Waals surface area contributed by atoms with Crippen LogP contribution in [0.1, 0.15) is 65.7 Å². The Bertz CT molecular complexity index is 1200. The molecule has 8 heteroatoms. The maximum absolute atomic E-state index is 12.9. The second-order valence-corrected chi connectivity index (χ2v) is 9.53. The number of likely N-dealkylation sites (tertiary alicyclic amines) is 1. The van der Waals surface area contributed by atoms with Crippen molar-refractivity contribution in [1.29, 1.82) is 5.26 Å². The fourth-order valence-electron chi connectivity index (χ4n) is 4.80. The molecule has 0 radical (unpaired) electrons. The highest BCUT2D eigenvalue weighted by atomic mass is 35.5. The van der Waals surface area contributed by atoms with Crippen molar-refractivity contribution in [2.45, 2.75) is 45.4 Å². The third-order valence-corrected chi connectivity index (χ3v) is 7.09. The van der Waals surface area contributed by atoms with Crippen molar-refractivity contribution >= 4 is 35.2 Å². The number of nitrogens with one attached hydrogen (secondary N) is 1. The van der Waals surface area contributed by atoms with Gasteiger partial charge in [-0.1, -0.05) is 36.1 Å². The van der Waals surface area contributed by atoms with E-state index in [1.54, 1.807) is 12.1 Å². The number of benzene rings is 1. The number of nitriles is 1. The fraction of sp³-hybridized carbons (Fsp3) is 0.407. The number of rotatable bonds is 5. The van der Waals surface area contributed by atoms with Gasteiger partial charge in [-0.25, -0.2) is 4.98 Å². The molecule has 2 amide bonds. The number of methoxy groups -OCH3 is 1. The molecule has 2 aliphatic rings. The predicted octanol–water partition coefficient (Wildman–Crippen LogP) is 5.37. The summed E-state index contributed by atoms with van der Waals surface area (Å²) in [6.07, 6.45) is 8.14. The highest BCUT2D eigenvalue weighted by Crippen LogP contribution is 2.31. The fourth-order valence-corrected chi connectivity index (χ4v) is 5.03. The lowest BCUT2D eigenvalue weighted by Gasteiger charge is -2.30. The Morgan fingerprint density at radius 2 is 1.94 bits per heavy atom. The van der Waals surface area contributed by atoms with Crippen molar-refractivity contribution < 1.29 is 14.3 Å². The molecule has 0 unspecified atom stereocenters. The number of ether oxygens (including phenoxy) is 1. The summed E-state index contributed by atoms with van der Waals surface area (Å²) in [4.78, 5) is 31.7. The van der Waals surface area contributed by atoms with Crippen LogP contribution in [0.25, 0.3) is 6.08 Å². The van der Waals surface area contributed by atoms with Crippen molar-refractivity contribution in [2.24, 2.45) is 5.92 Å². The third-order valence-electron chi connectivity index (χ3n) is 6.87. The van der Waals surface area contributed by atoms with Crippen LogP contribution in [0.4, 0.5) is 5.69 Å². The Labute approximate surface area is 210 Å². The minimum atomic E-state index is -0.445. The zero-order chi connectivity index (χ0) is 24.9. The molecule has 1 saturated carbocycles. The molecule has 1 aromatic heterocycles. The lowest BCUT2D eigenvalue weighted by atomic mass is 9.96. The maximum Gasteiger partial charge on any atom is 0.258 e. The molecule has 1 aromatic carbocycles. The van der Waals surface area contributed by atoms with Gasteiger partial charge in [0.1, 0.15) is 6.07 Å². The number of halogens is 1. The van der Waals surface area contributed by atoms with Crippen LogP contribution >= 0.6 is 11.6 Å². The molecule has 1 aliphatic carbocycles. The monoisotopic (exact) mass is 492 g/mol. The molecule has 2 fully saturated rings. The van der Waals surface area contributed by atoms with Crippen LogP contribution in [0.2, 0.25) is 5.02 Å². The Morgan fingerprint density at radius 1 is 1.23 bits per heavy atom. The smallest absolute Gasteiger partial charge is 0.258 e. The van der Waals surface area contributed by atoms with Crippen LogP contribution in [0.5, 0.6) is 5.88 Å². The number of nitrogens with zero attached hydrogens (tertiary/aromatic N) is 3. The molecule has 0 atom stereocenters. The van der Waals surface area contributed by atoms with E-state index in [1.807, 2.05) is 24.0 Å². The predicted molar refractivity (Wildman–Crippen MR) is 135 cm³/mol. The van der Waals surface area contributed by atoms with Gasteiger partial charge in [0.05, 0.1) is 12.7 Å². The highest BCUT2D eigenvalue weighted by molar-refractivity contribution is 6.31. The Hall–Kier alpha value is -3.37. The molecule has 1 N–H and O–H groups in total. The Morgan fingerprint density at radius 3 is 2.60 bits per heavy atom. The van der Waals surface area contributed by atoms with Crippen molar-refractivity contribution in [1.82, 2.24) is 9.88 Å². The van der Waals surface area contributed by atoms with E-state index < -0.39 is 5.91 Å². The van der Waals surface area contributed by atoms with Gasteiger partial charge in [0.15, 0.2) is 5.69 Å². The van der Waals surface area contributed by atoms with Crippen LogP contribution in [0, 0.1) is 24.2 Å². The number of hydrogen-bond acceptors (Lipinski definition) is 5. The standard InChI is InChI=1S/C27H29ClN4O3/c1-17-20(13-18-9-11-32(12-10-18)27(34)19-5-3-4-6-19)14-21(28)15-23(17)31-26(33)22-7-8-25(35-2)30-24(22)16-29/h7-8,13-15,19H,3-6,9-12H2,1-2H3,(H,31,33). The highest BCUT2D eigenvalue weighted by Gasteiger charge is 2.28. The summed E-state index contributed by atoms with van der Waals surface area (Å²) in [5, 5.41) is 12.8. The van der Waals surface area contributed by atoms with Gasteiger partial charge in [-0.15, -0.1) is 0 Å². The second-order valence-electron chi connectivity index (χ2n) is 9.09. The van der Waals surface area contributed by atoms with E-state index in [9.17, 15) is 14.9 Å². The molecule has 4 rings (SSSR count). The van der Waals surface area contributed by atoms with Crippen molar-refractivity contribution in [3.05, 3.63) is 57.2 Å². The minimum absolute atomic E-state index is 0.0113. The van der Waals surface area contributed by atoms with E-state index in [2.05, 4.69) is 16.4 Å². The molecule has 0 spiro atoms. The van der Waals surface area contributed by atoms with Crippen LogP contribution in [-0.4, -0.2) is 41.9 Å². The van der Waals surface area contributed by atoms with Gasteiger partial charge in [0, 0.05) is 35.8 Å². The van der Waals surface area contributed by atoms with Gasteiger partial charge in [0.25, 0.3) is 5.91 Å². The number of anilines is 1. The van der Waals surface area contributed by atoms with Gasteiger partial charge in [-0.05, 0) is 61.9 Å². The van der Waals surface area contributed by atoms with E-state index in [0.29, 0.717) is 16.6 Å². The van der Waals surface area contributed by atoms with Crippen molar-refractivity contribution in [3.8, 4) is 11.9 Å². The van der Waals surface area contributed by atoms with Gasteiger partial charge in [-0.3, -0.25) is 9.59 Å². The first-order valence-corrected chi connectivity index (χ1v) is 12.3. The lowest BCUT2D eigenvalue weighted by Crippen LogP contribution is -2.39. The van der Waals surface area contributed by atoms with E-state index in [4.69, 9.17) is 16.3 Å². The molecule has 2 heterocycles. The lowest BCUT2D eigenvalue weighted by molar-refractivity contribution is -0.135. The number of piperidine rings is 1. The van der Waals surface area contributed by atoms with Crippen molar-refractivity contribution in [3.63, 3.8) is 0 Å². The quantitative estimate of drug-likeness (QED) is 0.605. The minimum Gasteiger partial charge on any atom is -0.481 e. The molecular weight excluding hydrogens is 464 g/mol. The van der Waals surface area contributed by atoms with Crippen LogP contribution in [0.3, 0.4) is 0 Å². The first kappa shape index (κ1) is 24.7. The average Bonchev–Trinajstić information content (AvgIpc) is 3.41. The first-order valence-electron chi connectivity index (χ1n) is 11.9. The van der Waals surface area contributed by atoms with Gasteiger partial charge in [-0.2, -0.15) is 5.26 Å². The summed E-state index contributed by atoms with van der Waals surface area (Å²) >= 11 is 6.39. The third kappa shape index (κ3) is 5.66. The van der Waals surface area contributed by atoms with E-state index >= 15 is 0 Å². The number of amides is 2. The Kier molecular flexibility index (Phi) is 7.72. The summed E-state index contributed by atoms with van der Waals surface area (Å²) in [5.41, 5.74) is 3.78. The molecule has 35 heavy (non-hydrogen) atoms. The summed E-state index contributed by atoms with van der Waals surface area (Å²) in [6, 6.07) is 8.58. The number of hydrogen-bond donors (Lipinski definition) is 1. The van der Waals surface area contributed by atoms with E-state index in [0.717, 1.165) is 62.7 Å². The van der Waals surface area contributed by atoms with Gasteiger partial charge >= 0.3 is 0 Å². The zero-order valence-corrected chi connectivity index (χ0v) is 20.8. The van der Waals surface area contributed by atoms with Crippen molar-refractivity contribution in [2.75, 3.05) is 25.5 Å². The summed E-state index contributed by atoms with van der Waals surface area (Å²) < 4.78 is 5.04. The Balaban J connectivity index is 1.49. The van der Waals surface area contributed by atoms with Crippen LogP contribution in [-0.2, 0) is 4.79 Å². The molecule has 2 aromatic rings. The molecular formula is C27H29ClN4O3. The van der Waals surface area contributed by atoms with Gasteiger partial charge < -0.3 is 15.0 Å². The first-order chi connectivity index (χ1) is 16.9. The molecule has 7 nitrogen and oxygen atoms in total. The topological polar surface area (TPSA) is 95.3 Å². The SMILES string of the molecule is COc1ccc(C(=O)Nc2cc(Cl)cc(C=C3CCN(C(=O)C4CCCC4)CC3)c2C)c(C#N)n1. The molecule has 182 valence electrons. The summed E-state index contributed by atoms with van der Waals surface area (Å²) in [6.45, 7) is 3.41.